The van der Waals surface area contributed by atoms with E-state index in [0.717, 1.165) is 10.6 Å². The molecule has 0 N–H and O–H groups in total. The lowest BCUT2D eigenvalue weighted by Crippen LogP contribution is -2.54. The van der Waals surface area contributed by atoms with Crippen LogP contribution in [0.4, 0.5) is 4.79 Å². The molecule has 1 saturated heterocycles. The van der Waals surface area contributed by atoms with E-state index >= 15 is 0 Å². The number of amides is 1. The second-order valence-electron chi connectivity index (χ2n) is 5.01. The first-order valence-electron chi connectivity index (χ1n) is 6.86. The van der Waals surface area contributed by atoms with Crippen LogP contribution in [-0.4, -0.2) is 35.7 Å². The van der Waals surface area contributed by atoms with Crippen LogP contribution >= 0.6 is 0 Å². The quantitative estimate of drug-likeness (QED) is 0.571. The number of Topliss-reactive ketones (excluding diaryl/α,β-unsaturated/α-hetero) is 1. The first-order chi connectivity index (χ1) is 10.1. The number of hydrogen-bond donors (Lipinski definition) is 0. The van der Waals surface area contributed by atoms with Gasteiger partial charge < -0.3 is 4.74 Å². The van der Waals surface area contributed by atoms with Crippen LogP contribution in [0.15, 0.2) is 43.0 Å². The van der Waals surface area contributed by atoms with Crippen LogP contribution in [0.25, 0.3) is 0 Å². The first kappa shape index (κ1) is 15.3. The second kappa shape index (κ2) is 6.54. The van der Waals surface area contributed by atoms with Crippen LogP contribution in [-0.2, 0) is 20.8 Å². The van der Waals surface area contributed by atoms with Crippen LogP contribution in [0.2, 0.25) is 0 Å². The van der Waals surface area contributed by atoms with Gasteiger partial charge in [-0.05, 0) is 18.9 Å². The van der Waals surface area contributed by atoms with Gasteiger partial charge in [0.1, 0.15) is 6.61 Å². The normalized spacial score (nSPS) is 21.2. The second-order valence-corrected chi connectivity index (χ2v) is 5.01. The molecular weight excluding hydrogens is 270 g/mol. The van der Waals surface area contributed by atoms with E-state index in [-0.39, 0.29) is 19.0 Å². The molecule has 5 heteroatoms. The van der Waals surface area contributed by atoms with E-state index in [0.29, 0.717) is 12.8 Å². The van der Waals surface area contributed by atoms with E-state index in [2.05, 4.69) is 6.58 Å². The Morgan fingerprint density at radius 1 is 1.48 bits per heavy atom. The van der Waals surface area contributed by atoms with Crippen LogP contribution in [0.1, 0.15) is 18.9 Å². The number of nitrogens with zero attached hydrogens (tertiary/aromatic N) is 1. The summed E-state index contributed by atoms with van der Waals surface area (Å²) in [4.78, 5) is 29.5. The van der Waals surface area contributed by atoms with Gasteiger partial charge in [-0.25, -0.2) is 4.79 Å². The predicted molar refractivity (Wildman–Crippen MR) is 77.5 cm³/mol. The number of hydrogen-bond acceptors (Lipinski definition) is 4. The number of carbonyl (C=O) groups is 2. The van der Waals surface area contributed by atoms with Crippen molar-refractivity contribution in [1.29, 1.82) is 0 Å². The van der Waals surface area contributed by atoms with Crippen molar-refractivity contribution in [2.45, 2.75) is 25.3 Å². The minimum atomic E-state index is -1.10. The first-order valence-corrected chi connectivity index (χ1v) is 6.86. The van der Waals surface area contributed by atoms with E-state index in [4.69, 9.17) is 9.57 Å². The fourth-order valence-corrected chi connectivity index (χ4v) is 2.30. The van der Waals surface area contributed by atoms with Crippen LogP contribution < -0.4 is 0 Å². The number of cyclic esters (lactones) is 1. The standard InChI is InChI=1S/C16H19NO4/c1-3-4-10-21-17-15(19)20-12-16(17,13(2)18)11-14-8-6-5-7-9-14/h3,5-9H,1,4,10-12H2,2H3/t16-/m0/s1. The van der Waals surface area contributed by atoms with Crippen molar-refractivity contribution in [2.75, 3.05) is 13.2 Å². The topological polar surface area (TPSA) is 55.8 Å². The maximum atomic E-state index is 12.2. The molecule has 0 unspecified atom stereocenters. The monoisotopic (exact) mass is 289 g/mol. The molecule has 1 aromatic rings. The molecule has 0 radical (unpaired) electrons. The largest absolute Gasteiger partial charge is 0.445 e. The van der Waals surface area contributed by atoms with Gasteiger partial charge in [0.05, 0.1) is 6.61 Å². The van der Waals surface area contributed by atoms with E-state index in [1.165, 1.54) is 6.92 Å². The Hall–Kier alpha value is -2.14. The third-order valence-corrected chi connectivity index (χ3v) is 3.53. The van der Waals surface area contributed by atoms with Gasteiger partial charge in [0, 0.05) is 6.42 Å². The zero-order valence-electron chi connectivity index (χ0n) is 12.1. The van der Waals surface area contributed by atoms with Gasteiger partial charge in [0.25, 0.3) is 0 Å². The Morgan fingerprint density at radius 2 is 2.19 bits per heavy atom. The molecule has 2 rings (SSSR count). The molecule has 0 aromatic heterocycles. The van der Waals surface area contributed by atoms with Crippen molar-refractivity contribution in [3.63, 3.8) is 0 Å². The Balaban J connectivity index is 2.24. The van der Waals surface area contributed by atoms with Crippen molar-refractivity contribution in [3.8, 4) is 0 Å². The lowest BCUT2D eigenvalue weighted by atomic mass is 9.88. The van der Waals surface area contributed by atoms with Gasteiger partial charge in [-0.15, -0.1) is 6.58 Å². The van der Waals surface area contributed by atoms with Crippen molar-refractivity contribution >= 4 is 11.9 Å². The molecular formula is C16H19NO4. The van der Waals surface area contributed by atoms with Crippen LogP contribution in [0, 0.1) is 0 Å². The van der Waals surface area contributed by atoms with E-state index in [9.17, 15) is 9.59 Å². The minimum absolute atomic E-state index is 0.00412. The summed E-state index contributed by atoms with van der Waals surface area (Å²) < 4.78 is 5.06. The molecule has 0 aliphatic carbocycles. The highest BCUT2D eigenvalue weighted by Gasteiger charge is 2.52. The van der Waals surface area contributed by atoms with E-state index < -0.39 is 11.6 Å². The highest BCUT2D eigenvalue weighted by atomic mass is 16.7. The molecule has 1 aliphatic rings. The van der Waals surface area contributed by atoms with Gasteiger partial charge in [-0.3, -0.25) is 9.63 Å². The molecule has 0 saturated carbocycles. The maximum absolute atomic E-state index is 12.2. The molecule has 21 heavy (non-hydrogen) atoms. The molecule has 0 spiro atoms. The molecule has 1 aromatic carbocycles. The van der Waals surface area contributed by atoms with E-state index in [1.54, 1.807) is 6.08 Å². The summed E-state index contributed by atoms with van der Waals surface area (Å²) in [6.45, 7) is 5.34. The summed E-state index contributed by atoms with van der Waals surface area (Å²) in [5.74, 6) is -0.157. The summed E-state index contributed by atoms with van der Waals surface area (Å²) in [6, 6.07) is 9.51. The smallest absolute Gasteiger partial charge is 0.435 e. The fourth-order valence-electron chi connectivity index (χ4n) is 2.30. The minimum Gasteiger partial charge on any atom is -0.445 e. The predicted octanol–water partition coefficient (Wildman–Crippen LogP) is 2.52. The van der Waals surface area contributed by atoms with Crippen molar-refractivity contribution in [3.05, 3.63) is 48.6 Å². The number of benzene rings is 1. The van der Waals surface area contributed by atoms with Gasteiger partial charge in [-0.2, -0.15) is 5.06 Å². The Kier molecular flexibility index (Phi) is 4.75. The fraction of sp³-hybridized carbons (Fsp3) is 0.375. The molecule has 1 amide bonds. The van der Waals surface area contributed by atoms with E-state index in [1.807, 2.05) is 30.3 Å². The number of rotatable bonds is 7. The summed E-state index contributed by atoms with van der Waals surface area (Å²) in [5.41, 5.74) is -0.150. The van der Waals surface area contributed by atoms with Crippen LogP contribution in [0.5, 0.6) is 0 Å². The summed E-state index contributed by atoms with van der Waals surface area (Å²) in [6.07, 6.45) is 2.02. The third-order valence-electron chi connectivity index (χ3n) is 3.53. The number of hydroxylamine groups is 2. The summed E-state index contributed by atoms with van der Waals surface area (Å²) >= 11 is 0. The van der Waals surface area contributed by atoms with Crippen molar-refractivity contribution < 1.29 is 19.2 Å². The number of carbonyl (C=O) groups excluding carboxylic acids is 2. The average Bonchev–Trinajstić information content (AvgIpc) is 2.79. The maximum Gasteiger partial charge on any atom is 0.435 e. The molecule has 5 nitrogen and oxygen atoms in total. The average molecular weight is 289 g/mol. The Morgan fingerprint density at radius 3 is 2.81 bits per heavy atom. The van der Waals surface area contributed by atoms with Crippen molar-refractivity contribution in [1.82, 2.24) is 5.06 Å². The third kappa shape index (κ3) is 3.13. The molecule has 112 valence electrons. The Bertz CT molecular complexity index is 528. The summed E-state index contributed by atoms with van der Waals surface area (Å²) in [5, 5.41) is 1.09. The van der Waals surface area contributed by atoms with Gasteiger partial charge in [0.2, 0.25) is 0 Å². The number of ketones is 1. The SMILES string of the molecule is C=CCCON1C(=O)OC[C@@]1(Cc1ccccc1)C(C)=O. The highest BCUT2D eigenvalue weighted by Crippen LogP contribution is 2.30. The lowest BCUT2D eigenvalue weighted by Gasteiger charge is -2.31. The molecule has 1 fully saturated rings. The molecule has 1 atom stereocenters. The Labute approximate surface area is 124 Å². The zero-order chi connectivity index (χ0) is 15.3. The molecule has 1 heterocycles. The number of ether oxygens (including phenoxy) is 1. The van der Waals surface area contributed by atoms with Crippen LogP contribution in [0.3, 0.4) is 0 Å². The molecule has 0 bridgehead atoms. The zero-order valence-corrected chi connectivity index (χ0v) is 12.1. The van der Waals surface area contributed by atoms with Crippen molar-refractivity contribution in [2.24, 2.45) is 0 Å². The van der Waals surface area contributed by atoms with Gasteiger partial charge in [0.15, 0.2) is 11.3 Å². The van der Waals surface area contributed by atoms with Gasteiger partial charge in [-0.1, -0.05) is 36.4 Å². The highest BCUT2D eigenvalue weighted by molar-refractivity contribution is 5.92. The van der Waals surface area contributed by atoms with Gasteiger partial charge >= 0.3 is 6.09 Å². The lowest BCUT2D eigenvalue weighted by molar-refractivity contribution is -0.173. The molecule has 1 aliphatic heterocycles. The summed E-state index contributed by atoms with van der Waals surface area (Å²) in [7, 11) is 0.